The van der Waals surface area contributed by atoms with Gasteiger partial charge in [0.15, 0.2) is 5.75 Å². The average Bonchev–Trinajstić information content (AvgIpc) is 3.55. The highest BCUT2D eigenvalue weighted by Crippen LogP contribution is 2.39. The highest BCUT2D eigenvalue weighted by molar-refractivity contribution is 8.02. The standard InChI is InChI=1S/C23H15ClF2N4O2S2/c24-16-7-21(34-30-23-11-33-12-29-23)17(25)8-19(16)32-20-9-28-18(13-1-3-27-22(26)5-13)6-15(20)14-2-4-31-10-14/h1-11,29-30H,12H2. The van der Waals surface area contributed by atoms with Crippen molar-refractivity contribution >= 4 is 35.3 Å². The van der Waals surface area contributed by atoms with E-state index in [-0.39, 0.29) is 10.8 Å². The van der Waals surface area contributed by atoms with Crippen LogP contribution in [-0.4, -0.2) is 15.8 Å². The summed E-state index contributed by atoms with van der Waals surface area (Å²) in [6.07, 6.45) is 5.90. The van der Waals surface area contributed by atoms with Crippen LogP contribution in [0, 0.1) is 11.8 Å². The summed E-state index contributed by atoms with van der Waals surface area (Å²) in [7, 11) is 0. The van der Waals surface area contributed by atoms with Crippen molar-refractivity contribution in [2.24, 2.45) is 0 Å². The first-order valence-electron chi connectivity index (χ1n) is 9.87. The summed E-state index contributed by atoms with van der Waals surface area (Å²) in [4.78, 5) is 8.28. The molecule has 0 spiro atoms. The first-order valence-corrected chi connectivity index (χ1v) is 12.1. The van der Waals surface area contributed by atoms with Gasteiger partial charge >= 0.3 is 0 Å². The number of hydrogen-bond donors (Lipinski definition) is 2. The lowest BCUT2D eigenvalue weighted by Crippen LogP contribution is -2.16. The van der Waals surface area contributed by atoms with Crippen LogP contribution in [-0.2, 0) is 0 Å². The number of furan rings is 1. The third kappa shape index (κ3) is 4.98. The zero-order valence-electron chi connectivity index (χ0n) is 17.2. The van der Waals surface area contributed by atoms with Gasteiger partial charge in [-0.15, -0.1) is 11.8 Å². The predicted octanol–water partition coefficient (Wildman–Crippen LogP) is 6.82. The number of halogens is 3. The first kappa shape index (κ1) is 22.6. The Kier molecular flexibility index (Phi) is 6.61. The van der Waals surface area contributed by atoms with Gasteiger partial charge in [-0.25, -0.2) is 9.37 Å². The zero-order chi connectivity index (χ0) is 23.5. The molecule has 0 bridgehead atoms. The maximum Gasteiger partial charge on any atom is 0.213 e. The van der Waals surface area contributed by atoms with Crippen LogP contribution in [0.5, 0.6) is 11.5 Å². The third-order valence-electron chi connectivity index (χ3n) is 4.75. The molecule has 0 radical (unpaired) electrons. The number of pyridine rings is 2. The molecule has 11 heteroatoms. The number of aromatic nitrogens is 2. The number of nitrogens with one attached hydrogen (secondary N) is 2. The second kappa shape index (κ2) is 9.96. The van der Waals surface area contributed by atoms with E-state index in [0.29, 0.717) is 33.0 Å². The third-order valence-corrected chi connectivity index (χ3v) is 6.61. The van der Waals surface area contributed by atoms with Crippen molar-refractivity contribution in [3.63, 3.8) is 0 Å². The molecule has 0 fully saturated rings. The van der Waals surface area contributed by atoms with E-state index in [1.165, 1.54) is 43.1 Å². The van der Waals surface area contributed by atoms with E-state index in [0.717, 1.165) is 23.6 Å². The molecule has 5 rings (SSSR count). The van der Waals surface area contributed by atoms with Crippen LogP contribution in [0.4, 0.5) is 8.78 Å². The second-order valence-corrected chi connectivity index (χ2v) is 9.10. The van der Waals surface area contributed by atoms with Crippen LogP contribution in [0.15, 0.2) is 81.9 Å². The summed E-state index contributed by atoms with van der Waals surface area (Å²) in [5.74, 6) is 0.919. The largest absolute Gasteiger partial charge is 0.472 e. The number of rotatable bonds is 7. The van der Waals surface area contributed by atoms with Crippen molar-refractivity contribution in [1.82, 2.24) is 20.0 Å². The maximum absolute atomic E-state index is 14.8. The lowest BCUT2D eigenvalue weighted by atomic mass is 10.1. The molecule has 4 aromatic rings. The van der Waals surface area contributed by atoms with Crippen LogP contribution in [0.1, 0.15) is 0 Å². The van der Waals surface area contributed by atoms with Crippen LogP contribution in [0.3, 0.4) is 0 Å². The van der Waals surface area contributed by atoms with E-state index in [1.807, 2.05) is 5.41 Å². The Morgan fingerprint density at radius 3 is 2.79 bits per heavy atom. The second-order valence-electron chi connectivity index (χ2n) is 6.98. The van der Waals surface area contributed by atoms with Gasteiger partial charge in [0, 0.05) is 40.4 Å². The molecule has 1 aliphatic heterocycles. The van der Waals surface area contributed by atoms with E-state index in [4.69, 9.17) is 20.8 Å². The van der Waals surface area contributed by atoms with Gasteiger partial charge in [-0.1, -0.05) is 11.6 Å². The molecule has 6 nitrogen and oxygen atoms in total. The number of hydrogen-bond acceptors (Lipinski definition) is 8. The molecular weight excluding hydrogens is 502 g/mol. The van der Waals surface area contributed by atoms with Crippen molar-refractivity contribution in [1.29, 1.82) is 0 Å². The van der Waals surface area contributed by atoms with Gasteiger partial charge in [-0.05, 0) is 36.2 Å². The van der Waals surface area contributed by atoms with Crippen LogP contribution in [0.2, 0.25) is 5.02 Å². The number of nitrogens with zero attached hydrogens (tertiary/aromatic N) is 2. The van der Waals surface area contributed by atoms with Crippen LogP contribution >= 0.6 is 35.3 Å². The minimum Gasteiger partial charge on any atom is -0.472 e. The summed E-state index contributed by atoms with van der Waals surface area (Å²) >= 11 is 9.13. The highest BCUT2D eigenvalue weighted by atomic mass is 35.5. The van der Waals surface area contributed by atoms with Gasteiger partial charge in [-0.2, -0.15) is 4.39 Å². The van der Waals surface area contributed by atoms with E-state index in [9.17, 15) is 8.78 Å². The lowest BCUT2D eigenvalue weighted by molar-refractivity contribution is 0.474. The van der Waals surface area contributed by atoms with E-state index in [2.05, 4.69) is 20.0 Å². The van der Waals surface area contributed by atoms with Crippen molar-refractivity contribution < 1.29 is 17.9 Å². The fourth-order valence-corrected chi connectivity index (χ4v) is 4.79. The highest BCUT2D eigenvalue weighted by Gasteiger charge is 2.17. The fraction of sp³-hybridized carbons (Fsp3) is 0.0435. The van der Waals surface area contributed by atoms with Crippen LogP contribution in [0.25, 0.3) is 22.4 Å². The molecule has 0 aliphatic carbocycles. The van der Waals surface area contributed by atoms with E-state index in [1.54, 1.807) is 30.0 Å². The molecule has 0 saturated heterocycles. The summed E-state index contributed by atoms with van der Waals surface area (Å²) in [6.45, 7) is 0. The normalized spacial score (nSPS) is 12.9. The SMILES string of the molecule is Fc1cc(-c2cc(-c3ccoc3)c(Oc3cc(F)c(SNC4=CSCN4)cc3Cl)cn2)ccn1. The lowest BCUT2D eigenvalue weighted by Gasteiger charge is -2.14. The Bertz CT molecular complexity index is 1370. The Morgan fingerprint density at radius 1 is 1.12 bits per heavy atom. The average molecular weight is 517 g/mol. The number of benzene rings is 1. The van der Waals surface area contributed by atoms with E-state index >= 15 is 0 Å². The van der Waals surface area contributed by atoms with E-state index < -0.39 is 11.8 Å². The quantitative estimate of drug-likeness (QED) is 0.205. The molecule has 2 N–H and O–H groups in total. The Balaban J connectivity index is 1.45. The molecule has 0 unspecified atom stereocenters. The summed E-state index contributed by atoms with van der Waals surface area (Å²) < 4.78 is 42.6. The minimum atomic E-state index is -0.613. The zero-order valence-corrected chi connectivity index (χ0v) is 19.6. The first-order chi connectivity index (χ1) is 16.6. The van der Waals surface area contributed by atoms with Gasteiger partial charge in [0.1, 0.15) is 17.4 Å². The summed E-state index contributed by atoms with van der Waals surface area (Å²) in [6, 6.07) is 9.13. The monoisotopic (exact) mass is 516 g/mol. The molecule has 34 heavy (non-hydrogen) atoms. The molecule has 0 amide bonds. The molecule has 4 heterocycles. The Morgan fingerprint density at radius 2 is 2.03 bits per heavy atom. The molecule has 3 aromatic heterocycles. The van der Waals surface area contributed by atoms with Gasteiger partial charge in [0.2, 0.25) is 5.95 Å². The molecule has 1 aliphatic rings. The van der Waals surface area contributed by atoms with Gasteiger partial charge < -0.3 is 19.2 Å². The molecule has 1 aromatic carbocycles. The molecule has 0 saturated carbocycles. The van der Waals surface area contributed by atoms with Crippen molar-refractivity contribution in [2.75, 3.05) is 5.88 Å². The Hall–Kier alpha value is -3.21. The van der Waals surface area contributed by atoms with Crippen molar-refractivity contribution in [2.45, 2.75) is 4.90 Å². The predicted molar refractivity (Wildman–Crippen MR) is 129 cm³/mol. The smallest absolute Gasteiger partial charge is 0.213 e. The number of ether oxygens (including phenoxy) is 1. The maximum atomic E-state index is 14.8. The van der Waals surface area contributed by atoms with Gasteiger partial charge in [0.05, 0.1) is 40.2 Å². The number of thioether (sulfide) groups is 1. The summed E-state index contributed by atoms with van der Waals surface area (Å²) in [5, 5.41) is 5.26. The molecule has 172 valence electrons. The van der Waals surface area contributed by atoms with Crippen LogP contribution < -0.4 is 14.8 Å². The molecular formula is C23H15ClF2N4O2S2. The van der Waals surface area contributed by atoms with Gasteiger partial charge in [-0.3, -0.25) is 4.98 Å². The minimum absolute atomic E-state index is 0.131. The van der Waals surface area contributed by atoms with Gasteiger partial charge in [0.25, 0.3) is 0 Å². The van der Waals surface area contributed by atoms with Crippen molar-refractivity contribution in [3.05, 3.63) is 89.3 Å². The topological polar surface area (TPSA) is 72.2 Å². The fourth-order valence-electron chi connectivity index (χ4n) is 3.13. The van der Waals surface area contributed by atoms with Crippen molar-refractivity contribution in [3.8, 4) is 33.9 Å². The molecule has 0 atom stereocenters. The Labute approximate surface area is 206 Å². The summed E-state index contributed by atoms with van der Waals surface area (Å²) in [5.41, 5.74) is 2.38.